The molecule has 30 heavy (non-hydrogen) atoms. The molecule has 2 heterocycles. The van der Waals surface area contributed by atoms with Gasteiger partial charge in [0, 0.05) is 24.8 Å². The van der Waals surface area contributed by atoms with Crippen LogP contribution in [0.3, 0.4) is 0 Å². The average molecular weight is 424 g/mol. The van der Waals surface area contributed by atoms with Gasteiger partial charge in [0.2, 0.25) is 11.8 Å². The summed E-state index contributed by atoms with van der Waals surface area (Å²) in [4.78, 5) is 17.1. The van der Waals surface area contributed by atoms with E-state index in [-0.39, 0.29) is 17.4 Å². The van der Waals surface area contributed by atoms with E-state index >= 15 is 0 Å². The fourth-order valence-electron chi connectivity index (χ4n) is 3.48. The van der Waals surface area contributed by atoms with Crippen molar-refractivity contribution in [1.82, 2.24) is 20.5 Å². The second-order valence-corrected chi connectivity index (χ2v) is 8.35. The first-order chi connectivity index (χ1) is 14.1. The first-order valence-electron chi connectivity index (χ1n) is 9.95. The minimum atomic E-state index is -4.47. The molecule has 0 bridgehead atoms. The van der Waals surface area contributed by atoms with E-state index in [2.05, 4.69) is 20.5 Å². The van der Waals surface area contributed by atoms with Gasteiger partial charge in [-0.2, -0.15) is 13.2 Å². The SMILES string of the molecule is Cc1nnc(C(C)(CC2CC2)NC(=O)c2cc(OCC(F)(F)F)c(C3CC3)cn2)o1. The predicted octanol–water partition coefficient (Wildman–Crippen LogP) is 4.04. The normalized spacial score (nSPS) is 18.7. The van der Waals surface area contributed by atoms with E-state index in [0.29, 0.717) is 29.7 Å². The second kappa shape index (κ2) is 7.55. The van der Waals surface area contributed by atoms with Crippen molar-refractivity contribution in [3.63, 3.8) is 0 Å². The molecule has 0 aliphatic heterocycles. The number of hydrogen-bond donors (Lipinski definition) is 1. The highest BCUT2D eigenvalue weighted by molar-refractivity contribution is 5.93. The van der Waals surface area contributed by atoms with Gasteiger partial charge in [-0.25, -0.2) is 0 Å². The summed E-state index contributed by atoms with van der Waals surface area (Å²) in [5.74, 6) is 0.762. The molecule has 1 unspecified atom stereocenters. The van der Waals surface area contributed by atoms with Crippen molar-refractivity contribution in [2.45, 2.75) is 63.6 Å². The maximum atomic E-state index is 13.0. The lowest BCUT2D eigenvalue weighted by Crippen LogP contribution is -2.44. The number of carbonyl (C=O) groups excluding carboxylic acids is 1. The van der Waals surface area contributed by atoms with Gasteiger partial charge >= 0.3 is 6.18 Å². The van der Waals surface area contributed by atoms with E-state index in [4.69, 9.17) is 9.15 Å². The van der Waals surface area contributed by atoms with E-state index in [1.54, 1.807) is 13.8 Å². The summed E-state index contributed by atoms with van der Waals surface area (Å²) in [6, 6.07) is 1.28. The van der Waals surface area contributed by atoms with Crippen LogP contribution in [0.15, 0.2) is 16.7 Å². The van der Waals surface area contributed by atoms with Gasteiger partial charge in [0.1, 0.15) is 17.0 Å². The Morgan fingerprint density at radius 3 is 2.57 bits per heavy atom. The fourth-order valence-corrected chi connectivity index (χ4v) is 3.48. The van der Waals surface area contributed by atoms with Crippen LogP contribution >= 0.6 is 0 Å². The third kappa shape index (κ3) is 4.91. The number of aromatic nitrogens is 3. The maximum absolute atomic E-state index is 13.0. The average Bonchev–Trinajstić information content (AvgIpc) is 3.59. The zero-order valence-corrected chi connectivity index (χ0v) is 16.8. The van der Waals surface area contributed by atoms with Crippen LogP contribution in [0.2, 0.25) is 0 Å². The van der Waals surface area contributed by atoms with Gasteiger partial charge in [0.05, 0.1) is 0 Å². The molecule has 10 heteroatoms. The van der Waals surface area contributed by atoms with Crippen LogP contribution in [0.25, 0.3) is 0 Å². The minimum Gasteiger partial charge on any atom is -0.484 e. The van der Waals surface area contributed by atoms with Crippen LogP contribution < -0.4 is 10.1 Å². The fraction of sp³-hybridized carbons (Fsp3) is 0.600. The number of ether oxygens (including phenoxy) is 1. The van der Waals surface area contributed by atoms with E-state index in [9.17, 15) is 18.0 Å². The first-order valence-corrected chi connectivity index (χ1v) is 9.95. The van der Waals surface area contributed by atoms with Crippen LogP contribution in [0, 0.1) is 12.8 Å². The summed E-state index contributed by atoms with van der Waals surface area (Å²) in [5.41, 5.74) is -0.317. The summed E-state index contributed by atoms with van der Waals surface area (Å²) >= 11 is 0. The highest BCUT2D eigenvalue weighted by Gasteiger charge is 2.40. The standard InChI is InChI=1S/C20H23F3N4O3/c1-11-26-27-18(30-11)19(2,8-12-3-4-12)25-17(28)15-7-16(29-10-20(21,22)23)14(9-24-15)13-5-6-13/h7,9,12-13H,3-6,8,10H2,1-2H3,(H,25,28). The molecule has 0 radical (unpaired) electrons. The highest BCUT2D eigenvalue weighted by Crippen LogP contribution is 2.44. The molecule has 162 valence electrons. The lowest BCUT2D eigenvalue weighted by atomic mass is 9.94. The lowest BCUT2D eigenvalue weighted by molar-refractivity contribution is -0.153. The lowest BCUT2D eigenvalue weighted by Gasteiger charge is -2.27. The molecular formula is C20H23F3N4O3. The molecule has 2 aliphatic rings. The molecule has 1 N–H and O–H groups in total. The van der Waals surface area contributed by atoms with Crippen molar-refractivity contribution in [3.8, 4) is 5.75 Å². The zero-order valence-electron chi connectivity index (χ0n) is 16.8. The number of nitrogens with zero attached hydrogens (tertiary/aromatic N) is 3. The number of rotatable bonds is 8. The van der Waals surface area contributed by atoms with Crippen LogP contribution in [0.1, 0.15) is 72.8 Å². The Bertz CT molecular complexity index is 938. The highest BCUT2D eigenvalue weighted by atomic mass is 19.4. The molecule has 0 aromatic carbocycles. The molecule has 2 fully saturated rings. The smallest absolute Gasteiger partial charge is 0.422 e. The van der Waals surface area contributed by atoms with E-state index < -0.39 is 24.2 Å². The summed E-state index contributed by atoms with van der Waals surface area (Å²) in [7, 11) is 0. The summed E-state index contributed by atoms with van der Waals surface area (Å²) in [5, 5.41) is 10.8. The van der Waals surface area contributed by atoms with Crippen LogP contribution in [0.4, 0.5) is 13.2 Å². The van der Waals surface area contributed by atoms with Gasteiger partial charge in [0.15, 0.2) is 6.61 Å². The zero-order chi connectivity index (χ0) is 21.5. The van der Waals surface area contributed by atoms with Crippen LogP contribution in [-0.4, -0.2) is 33.9 Å². The molecule has 1 amide bonds. The van der Waals surface area contributed by atoms with Crippen molar-refractivity contribution >= 4 is 5.91 Å². The Kier molecular flexibility index (Phi) is 5.19. The molecule has 2 aromatic rings. The van der Waals surface area contributed by atoms with Crippen LogP contribution in [-0.2, 0) is 5.54 Å². The van der Waals surface area contributed by atoms with E-state index in [1.165, 1.54) is 12.3 Å². The van der Waals surface area contributed by atoms with Crippen molar-refractivity contribution in [3.05, 3.63) is 35.3 Å². The van der Waals surface area contributed by atoms with Gasteiger partial charge in [-0.15, -0.1) is 10.2 Å². The van der Waals surface area contributed by atoms with Crippen LogP contribution in [0.5, 0.6) is 5.75 Å². The Hall–Kier alpha value is -2.65. The van der Waals surface area contributed by atoms with Crippen molar-refractivity contribution < 1.29 is 27.1 Å². The third-order valence-electron chi connectivity index (χ3n) is 5.32. The van der Waals surface area contributed by atoms with Gasteiger partial charge in [-0.05, 0) is 38.0 Å². The molecule has 1 atom stereocenters. The Balaban J connectivity index is 1.56. The number of alkyl halides is 3. The van der Waals surface area contributed by atoms with E-state index in [0.717, 1.165) is 25.7 Å². The molecule has 2 aromatic heterocycles. The van der Waals surface area contributed by atoms with Gasteiger partial charge < -0.3 is 14.5 Å². The van der Waals surface area contributed by atoms with Gasteiger partial charge in [0.25, 0.3) is 5.91 Å². The topological polar surface area (TPSA) is 90.1 Å². The number of amides is 1. The molecule has 2 aliphatic carbocycles. The molecule has 0 spiro atoms. The van der Waals surface area contributed by atoms with Crippen molar-refractivity contribution in [2.75, 3.05) is 6.61 Å². The summed E-state index contributed by atoms with van der Waals surface area (Å²) in [6.07, 6.45) is 1.44. The number of carbonyl (C=O) groups is 1. The Morgan fingerprint density at radius 2 is 2.00 bits per heavy atom. The van der Waals surface area contributed by atoms with Crippen molar-refractivity contribution in [2.24, 2.45) is 5.92 Å². The quantitative estimate of drug-likeness (QED) is 0.688. The third-order valence-corrected chi connectivity index (χ3v) is 5.32. The Labute approximate surface area is 171 Å². The number of halogens is 3. The Morgan fingerprint density at radius 1 is 1.27 bits per heavy atom. The summed E-state index contributed by atoms with van der Waals surface area (Å²) < 4.78 is 48.5. The predicted molar refractivity (Wildman–Crippen MR) is 99.0 cm³/mol. The summed E-state index contributed by atoms with van der Waals surface area (Å²) in [6.45, 7) is 2.05. The molecule has 7 nitrogen and oxygen atoms in total. The van der Waals surface area contributed by atoms with Crippen molar-refractivity contribution in [1.29, 1.82) is 0 Å². The maximum Gasteiger partial charge on any atom is 0.422 e. The number of hydrogen-bond acceptors (Lipinski definition) is 6. The first kappa shape index (κ1) is 20.6. The second-order valence-electron chi connectivity index (χ2n) is 8.35. The number of aryl methyl sites for hydroxylation is 1. The number of pyridine rings is 1. The van der Waals surface area contributed by atoms with Gasteiger partial charge in [-0.1, -0.05) is 12.8 Å². The molecule has 4 rings (SSSR count). The largest absolute Gasteiger partial charge is 0.484 e. The molecule has 2 saturated carbocycles. The van der Waals surface area contributed by atoms with Gasteiger partial charge in [-0.3, -0.25) is 9.78 Å². The molecule has 0 saturated heterocycles. The molecular weight excluding hydrogens is 401 g/mol. The minimum absolute atomic E-state index is 0.0187. The number of nitrogens with one attached hydrogen (secondary N) is 1. The van der Waals surface area contributed by atoms with E-state index in [1.807, 2.05) is 0 Å². The monoisotopic (exact) mass is 424 g/mol.